The molecule has 0 bridgehead atoms. The Labute approximate surface area is 179 Å². The molecule has 0 aliphatic carbocycles. The zero-order valence-corrected chi connectivity index (χ0v) is 17.6. The van der Waals surface area contributed by atoms with E-state index in [4.69, 9.17) is 4.98 Å². The highest BCUT2D eigenvalue weighted by molar-refractivity contribution is 7.17. The van der Waals surface area contributed by atoms with Crippen LogP contribution in [0, 0.1) is 0 Å². The van der Waals surface area contributed by atoms with Gasteiger partial charge in [-0.25, -0.2) is 4.98 Å². The summed E-state index contributed by atoms with van der Waals surface area (Å²) < 4.78 is 1.35. The van der Waals surface area contributed by atoms with Crippen molar-refractivity contribution in [3.05, 3.63) is 95.0 Å². The largest absolute Gasteiger partial charge is 0.301 e. The molecule has 0 amide bonds. The van der Waals surface area contributed by atoms with Crippen LogP contribution in [0.5, 0.6) is 0 Å². The van der Waals surface area contributed by atoms with Crippen LogP contribution >= 0.6 is 11.3 Å². The molecule has 5 aromatic rings. The van der Waals surface area contributed by atoms with Crippen LogP contribution in [0.4, 0.5) is 0 Å². The lowest BCUT2D eigenvalue weighted by atomic mass is 9.83. The first kappa shape index (κ1) is 17.8. The predicted octanol–water partition coefficient (Wildman–Crippen LogP) is 6.09. The van der Waals surface area contributed by atoms with Crippen LogP contribution in [0.3, 0.4) is 0 Å². The van der Waals surface area contributed by atoms with Gasteiger partial charge in [0, 0.05) is 29.3 Å². The maximum atomic E-state index is 4.84. The van der Waals surface area contributed by atoms with Crippen LogP contribution in [0.1, 0.15) is 22.6 Å². The normalized spacial score (nSPS) is 16.8. The molecule has 0 saturated heterocycles. The molecular formula is C26H21N3S. The lowest BCUT2D eigenvalue weighted by Gasteiger charge is -2.33. The molecule has 1 unspecified atom stereocenters. The van der Waals surface area contributed by atoms with Crippen LogP contribution in [0.15, 0.2) is 78.3 Å². The Morgan fingerprint density at radius 3 is 2.80 bits per heavy atom. The van der Waals surface area contributed by atoms with Gasteiger partial charge >= 0.3 is 0 Å². The van der Waals surface area contributed by atoms with Crippen molar-refractivity contribution in [1.82, 2.24) is 14.9 Å². The van der Waals surface area contributed by atoms with Gasteiger partial charge in [-0.1, -0.05) is 30.3 Å². The highest BCUT2D eigenvalue weighted by Gasteiger charge is 2.25. The average molecular weight is 408 g/mol. The quantitative estimate of drug-likeness (QED) is 0.355. The minimum Gasteiger partial charge on any atom is -0.301 e. The van der Waals surface area contributed by atoms with Gasteiger partial charge in [0.2, 0.25) is 0 Å². The van der Waals surface area contributed by atoms with E-state index >= 15 is 0 Å². The van der Waals surface area contributed by atoms with E-state index in [0.29, 0.717) is 5.92 Å². The Balaban J connectivity index is 1.43. The summed E-state index contributed by atoms with van der Waals surface area (Å²) in [5.74, 6) is 0.389. The first-order valence-corrected chi connectivity index (χ1v) is 11.1. The Morgan fingerprint density at radius 2 is 1.87 bits per heavy atom. The Kier molecular flexibility index (Phi) is 4.15. The second-order valence-electron chi connectivity index (χ2n) is 8.12. The molecule has 1 aliphatic rings. The van der Waals surface area contributed by atoms with Gasteiger partial charge in [-0.15, -0.1) is 11.3 Å². The van der Waals surface area contributed by atoms with Crippen LogP contribution in [-0.4, -0.2) is 28.5 Å². The van der Waals surface area contributed by atoms with E-state index in [2.05, 4.69) is 64.8 Å². The molecule has 0 saturated carbocycles. The van der Waals surface area contributed by atoms with E-state index in [-0.39, 0.29) is 0 Å². The lowest BCUT2D eigenvalue weighted by molar-refractivity contribution is 0.295. The van der Waals surface area contributed by atoms with Crippen molar-refractivity contribution in [2.24, 2.45) is 0 Å². The lowest BCUT2D eigenvalue weighted by Crippen LogP contribution is -2.31. The van der Waals surface area contributed by atoms with Crippen molar-refractivity contribution in [3.63, 3.8) is 0 Å². The molecule has 0 N–H and O–H groups in total. The van der Waals surface area contributed by atoms with Gasteiger partial charge in [0.25, 0.3) is 0 Å². The van der Waals surface area contributed by atoms with Gasteiger partial charge in [0.1, 0.15) is 0 Å². The molecule has 0 radical (unpaired) electrons. The maximum Gasteiger partial charge on any atom is 0.0894 e. The first-order chi connectivity index (χ1) is 14.7. The van der Waals surface area contributed by atoms with E-state index in [9.17, 15) is 0 Å². The van der Waals surface area contributed by atoms with Crippen LogP contribution < -0.4 is 0 Å². The summed E-state index contributed by atoms with van der Waals surface area (Å²) in [6, 6.07) is 24.0. The molecule has 2 aromatic heterocycles. The second kappa shape index (κ2) is 7.01. The molecule has 0 fully saturated rings. The van der Waals surface area contributed by atoms with Crippen molar-refractivity contribution < 1.29 is 0 Å². The number of thiophene rings is 1. The summed E-state index contributed by atoms with van der Waals surface area (Å²) in [5.41, 5.74) is 8.14. The zero-order valence-electron chi connectivity index (χ0n) is 16.7. The van der Waals surface area contributed by atoms with Crippen molar-refractivity contribution >= 4 is 32.5 Å². The summed E-state index contributed by atoms with van der Waals surface area (Å²) in [6.45, 7) is 2.00. The molecule has 1 aliphatic heterocycles. The summed E-state index contributed by atoms with van der Waals surface area (Å²) in [7, 11) is 2.21. The molecule has 3 nitrogen and oxygen atoms in total. The number of aromatic nitrogens is 2. The molecule has 6 rings (SSSR count). The topological polar surface area (TPSA) is 29.0 Å². The number of fused-ring (bicyclic) bond motifs is 3. The van der Waals surface area contributed by atoms with Gasteiger partial charge in [-0.3, -0.25) is 4.98 Å². The Bertz CT molecular complexity index is 1390. The van der Waals surface area contributed by atoms with E-state index in [1.54, 1.807) is 11.3 Å². The number of para-hydroxylation sites is 2. The number of likely N-dealkylation sites (N-methyl/N-ethyl adjacent to an activating group) is 1. The summed E-state index contributed by atoms with van der Waals surface area (Å²) >= 11 is 1.81. The Morgan fingerprint density at radius 1 is 0.967 bits per heavy atom. The third-order valence-electron chi connectivity index (χ3n) is 6.08. The Hall–Kier alpha value is -3.08. The predicted molar refractivity (Wildman–Crippen MR) is 125 cm³/mol. The number of hydrogen-bond donors (Lipinski definition) is 0. The van der Waals surface area contributed by atoms with Gasteiger partial charge in [-0.05, 0) is 70.9 Å². The van der Waals surface area contributed by atoms with Crippen LogP contribution in [0.25, 0.3) is 32.4 Å². The number of rotatable bonds is 2. The number of hydrogen-bond acceptors (Lipinski definition) is 4. The molecule has 30 heavy (non-hydrogen) atoms. The van der Waals surface area contributed by atoms with E-state index in [0.717, 1.165) is 35.4 Å². The van der Waals surface area contributed by atoms with Gasteiger partial charge in [0.15, 0.2) is 0 Å². The summed E-state index contributed by atoms with van der Waals surface area (Å²) in [6.07, 6.45) is 1.89. The van der Waals surface area contributed by atoms with Crippen molar-refractivity contribution in [2.75, 3.05) is 13.6 Å². The van der Waals surface area contributed by atoms with Gasteiger partial charge < -0.3 is 4.90 Å². The maximum absolute atomic E-state index is 4.84. The minimum absolute atomic E-state index is 0.389. The molecule has 3 heterocycles. The van der Waals surface area contributed by atoms with Gasteiger partial charge in [0.05, 0.1) is 22.9 Å². The minimum atomic E-state index is 0.389. The fraction of sp³-hybridized carbons (Fsp3) is 0.154. The van der Waals surface area contributed by atoms with Crippen molar-refractivity contribution in [1.29, 1.82) is 0 Å². The molecule has 146 valence electrons. The average Bonchev–Trinajstić information content (AvgIpc) is 3.25. The monoisotopic (exact) mass is 407 g/mol. The fourth-order valence-electron chi connectivity index (χ4n) is 4.59. The van der Waals surface area contributed by atoms with E-state index in [1.165, 1.54) is 26.8 Å². The first-order valence-electron chi connectivity index (χ1n) is 10.3. The van der Waals surface area contributed by atoms with Crippen molar-refractivity contribution in [3.8, 4) is 11.3 Å². The SMILES string of the molecule is CN1Cc2cc(-c3cnc4ccccc4n3)ccc2C(c2ccc3sccc3c2)C1. The molecular weight excluding hydrogens is 386 g/mol. The van der Waals surface area contributed by atoms with Gasteiger partial charge in [-0.2, -0.15) is 0 Å². The van der Waals surface area contributed by atoms with Crippen LogP contribution in [0.2, 0.25) is 0 Å². The molecule has 1 atom stereocenters. The zero-order chi connectivity index (χ0) is 20.1. The molecule has 4 heteroatoms. The molecule has 3 aromatic carbocycles. The third-order valence-corrected chi connectivity index (χ3v) is 6.97. The number of nitrogens with zero attached hydrogens (tertiary/aromatic N) is 3. The van der Waals surface area contributed by atoms with Crippen molar-refractivity contribution in [2.45, 2.75) is 12.5 Å². The number of benzene rings is 3. The third kappa shape index (κ3) is 3.00. The highest BCUT2D eigenvalue weighted by Crippen LogP contribution is 2.36. The smallest absolute Gasteiger partial charge is 0.0894 e. The highest BCUT2D eigenvalue weighted by atomic mass is 32.1. The molecule has 0 spiro atoms. The summed E-state index contributed by atoms with van der Waals surface area (Å²) in [4.78, 5) is 11.9. The van der Waals surface area contributed by atoms with E-state index < -0.39 is 0 Å². The summed E-state index contributed by atoms with van der Waals surface area (Å²) in [5, 5.41) is 3.52. The van der Waals surface area contributed by atoms with E-state index in [1.807, 2.05) is 30.5 Å². The fourth-order valence-corrected chi connectivity index (χ4v) is 5.36. The standard InChI is InChI=1S/C26H21N3S/c1-29-15-20-13-18(25-14-27-23-4-2-3-5-24(23)28-25)6-8-21(20)22(16-29)17-7-9-26-19(12-17)10-11-30-26/h2-14,22H,15-16H2,1H3. The van der Waals surface area contributed by atoms with Crippen LogP contribution in [-0.2, 0) is 6.54 Å². The second-order valence-corrected chi connectivity index (χ2v) is 9.07.